The standard InChI is InChI=1S/C31H25N3O3/c1-20-32-28-12-10-24(17-29(28)33-20)23-11-13-30-26(16-23)18-34(14-15-37-30)31(36)22-8-6-21(7-9-22)27-5-3-2-4-25(27)19-35/h2-13,16-17,19H,14-15,18H2,1H3,(H,32,33). The summed E-state index contributed by atoms with van der Waals surface area (Å²) in [6.45, 7) is 3.34. The van der Waals surface area contributed by atoms with Crippen LogP contribution in [-0.4, -0.2) is 40.2 Å². The van der Waals surface area contributed by atoms with Crippen LogP contribution < -0.4 is 4.74 Å². The Balaban J connectivity index is 1.26. The molecule has 37 heavy (non-hydrogen) atoms. The number of aldehydes is 1. The topological polar surface area (TPSA) is 75.3 Å². The summed E-state index contributed by atoms with van der Waals surface area (Å²) in [5, 5.41) is 0. The zero-order valence-electron chi connectivity index (χ0n) is 20.4. The summed E-state index contributed by atoms with van der Waals surface area (Å²) in [7, 11) is 0. The van der Waals surface area contributed by atoms with Crippen LogP contribution in [0.4, 0.5) is 0 Å². The first-order valence-electron chi connectivity index (χ1n) is 12.3. The number of fused-ring (bicyclic) bond motifs is 2. The van der Waals surface area contributed by atoms with Crippen molar-refractivity contribution in [1.82, 2.24) is 14.9 Å². The molecule has 0 spiro atoms. The van der Waals surface area contributed by atoms with Crippen molar-refractivity contribution < 1.29 is 14.3 Å². The number of carbonyl (C=O) groups excluding carboxylic acids is 2. The van der Waals surface area contributed by atoms with E-state index in [2.05, 4.69) is 34.2 Å². The van der Waals surface area contributed by atoms with Gasteiger partial charge in [-0.05, 0) is 65.6 Å². The van der Waals surface area contributed by atoms with Gasteiger partial charge in [-0.1, -0.05) is 48.5 Å². The van der Waals surface area contributed by atoms with E-state index in [0.29, 0.717) is 30.8 Å². The Morgan fingerprint density at radius 1 is 0.946 bits per heavy atom. The highest BCUT2D eigenvalue weighted by Crippen LogP contribution is 2.31. The number of ether oxygens (including phenoxy) is 1. The van der Waals surface area contributed by atoms with Gasteiger partial charge in [0.05, 0.1) is 17.6 Å². The fraction of sp³-hybridized carbons (Fsp3) is 0.129. The van der Waals surface area contributed by atoms with Crippen LogP contribution in [-0.2, 0) is 6.54 Å². The summed E-state index contributed by atoms with van der Waals surface area (Å²) in [5.41, 5.74) is 8.03. The Kier molecular flexibility index (Phi) is 5.77. The lowest BCUT2D eigenvalue weighted by molar-refractivity contribution is 0.0733. The number of benzene rings is 4. The fourth-order valence-corrected chi connectivity index (χ4v) is 4.90. The van der Waals surface area contributed by atoms with Gasteiger partial charge in [-0.25, -0.2) is 4.98 Å². The van der Waals surface area contributed by atoms with Gasteiger partial charge in [0.15, 0.2) is 6.29 Å². The van der Waals surface area contributed by atoms with Crippen LogP contribution in [0.2, 0.25) is 0 Å². The van der Waals surface area contributed by atoms with Crippen molar-refractivity contribution in [2.75, 3.05) is 13.2 Å². The Hall–Kier alpha value is -4.71. The van der Waals surface area contributed by atoms with Gasteiger partial charge < -0.3 is 14.6 Å². The number of rotatable bonds is 4. The van der Waals surface area contributed by atoms with E-state index in [1.54, 1.807) is 6.07 Å². The second-order valence-electron chi connectivity index (χ2n) is 9.23. The minimum atomic E-state index is -0.0496. The van der Waals surface area contributed by atoms with Gasteiger partial charge in [-0.3, -0.25) is 9.59 Å². The number of aromatic amines is 1. The van der Waals surface area contributed by atoms with Crippen LogP contribution in [0.25, 0.3) is 33.3 Å². The molecule has 1 aromatic heterocycles. The molecule has 5 aromatic rings. The van der Waals surface area contributed by atoms with Crippen LogP contribution >= 0.6 is 0 Å². The summed E-state index contributed by atoms with van der Waals surface area (Å²) in [6.07, 6.45) is 0.853. The molecule has 1 aliphatic heterocycles. The summed E-state index contributed by atoms with van der Waals surface area (Å²) in [5.74, 6) is 1.64. The Labute approximate surface area is 214 Å². The fourth-order valence-electron chi connectivity index (χ4n) is 4.90. The van der Waals surface area contributed by atoms with Crippen LogP contribution in [0, 0.1) is 6.92 Å². The molecular weight excluding hydrogens is 462 g/mol. The number of hydrogen-bond donors (Lipinski definition) is 1. The molecular formula is C31H25N3O3. The lowest BCUT2D eigenvalue weighted by atomic mass is 9.99. The minimum Gasteiger partial charge on any atom is -0.491 e. The molecule has 6 heteroatoms. The average Bonchev–Trinajstić information content (AvgIpc) is 3.18. The van der Waals surface area contributed by atoms with Gasteiger partial charge in [0.1, 0.15) is 18.2 Å². The maximum absolute atomic E-state index is 13.4. The second kappa shape index (κ2) is 9.39. The SMILES string of the molecule is Cc1nc2ccc(-c3ccc4c(c3)CN(C(=O)c3ccc(-c5ccccc5C=O)cc3)CCO4)cc2[nH]1. The molecule has 1 N–H and O–H groups in total. The van der Waals surface area contributed by atoms with E-state index < -0.39 is 0 Å². The highest BCUT2D eigenvalue weighted by Gasteiger charge is 2.22. The Morgan fingerprint density at radius 3 is 2.54 bits per heavy atom. The number of H-pyrrole nitrogens is 1. The van der Waals surface area contributed by atoms with Gasteiger partial charge in [-0.15, -0.1) is 0 Å². The molecule has 1 amide bonds. The van der Waals surface area contributed by atoms with Gasteiger partial charge in [0.25, 0.3) is 5.91 Å². The van der Waals surface area contributed by atoms with E-state index in [0.717, 1.165) is 56.7 Å². The van der Waals surface area contributed by atoms with Crippen molar-refractivity contribution >= 4 is 23.2 Å². The number of aromatic nitrogens is 2. The second-order valence-corrected chi connectivity index (χ2v) is 9.23. The van der Waals surface area contributed by atoms with Gasteiger partial charge in [-0.2, -0.15) is 0 Å². The van der Waals surface area contributed by atoms with Crippen molar-refractivity contribution in [2.24, 2.45) is 0 Å². The molecule has 0 aliphatic carbocycles. The van der Waals surface area contributed by atoms with Crippen LogP contribution in [0.1, 0.15) is 32.1 Å². The molecule has 6 nitrogen and oxygen atoms in total. The molecule has 0 saturated carbocycles. The maximum atomic E-state index is 13.4. The van der Waals surface area contributed by atoms with Crippen molar-refractivity contribution in [3.05, 3.63) is 107 Å². The molecule has 1 aliphatic rings. The highest BCUT2D eigenvalue weighted by atomic mass is 16.5. The summed E-state index contributed by atoms with van der Waals surface area (Å²) in [6, 6.07) is 27.2. The molecule has 2 heterocycles. The first kappa shape index (κ1) is 22.7. The number of nitrogens with one attached hydrogen (secondary N) is 1. The molecule has 0 unspecified atom stereocenters. The third kappa shape index (κ3) is 4.38. The van der Waals surface area contributed by atoms with E-state index in [9.17, 15) is 9.59 Å². The molecule has 0 saturated heterocycles. The van der Waals surface area contributed by atoms with Crippen molar-refractivity contribution in [2.45, 2.75) is 13.5 Å². The van der Waals surface area contributed by atoms with E-state index in [4.69, 9.17) is 4.74 Å². The van der Waals surface area contributed by atoms with Gasteiger partial charge >= 0.3 is 0 Å². The van der Waals surface area contributed by atoms with Crippen molar-refractivity contribution in [1.29, 1.82) is 0 Å². The molecule has 182 valence electrons. The maximum Gasteiger partial charge on any atom is 0.254 e. The predicted molar refractivity (Wildman–Crippen MR) is 144 cm³/mol. The third-order valence-electron chi connectivity index (χ3n) is 6.79. The van der Waals surface area contributed by atoms with Crippen LogP contribution in [0.3, 0.4) is 0 Å². The smallest absolute Gasteiger partial charge is 0.254 e. The zero-order chi connectivity index (χ0) is 25.4. The number of nitrogens with zero attached hydrogens (tertiary/aromatic N) is 2. The first-order valence-corrected chi connectivity index (χ1v) is 12.3. The number of carbonyl (C=O) groups is 2. The number of aryl methyl sites for hydroxylation is 1. The first-order chi connectivity index (χ1) is 18.1. The molecule has 0 fully saturated rings. The highest BCUT2D eigenvalue weighted by molar-refractivity contribution is 5.95. The summed E-state index contributed by atoms with van der Waals surface area (Å²) >= 11 is 0. The zero-order valence-corrected chi connectivity index (χ0v) is 20.4. The molecule has 6 rings (SSSR count). The van der Waals surface area contributed by atoms with Gasteiger partial charge in [0, 0.05) is 23.2 Å². The average molecular weight is 488 g/mol. The molecule has 4 aromatic carbocycles. The monoisotopic (exact) mass is 487 g/mol. The van der Waals surface area contributed by atoms with Gasteiger partial charge in [0.2, 0.25) is 0 Å². The molecule has 0 radical (unpaired) electrons. The normalized spacial score (nSPS) is 13.1. The van der Waals surface area contributed by atoms with Crippen LogP contribution in [0.15, 0.2) is 84.9 Å². The number of hydrogen-bond acceptors (Lipinski definition) is 4. The lowest BCUT2D eigenvalue weighted by Crippen LogP contribution is -2.32. The third-order valence-corrected chi connectivity index (χ3v) is 6.79. The number of imidazole rings is 1. The van der Waals surface area contributed by atoms with E-state index in [1.807, 2.05) is 66.4 Å². The summed E-state index contributed by atoms with van der Waals surface area (Å²) in [4.78, 5) is 34.5. The largest absolute Gasteiger partial charge is 0.491 e. The quantitative estimate of drug-likeness (QED) is 0.313. The predicted octanol–water partition coefficient (Wildman–Crippen LogP) is 6.05. The summed E-state index contributed by atoms with van der Waals surface area (Å²) < 4.78 is 5.99. The Bertz CT molecular complexity index is 1640. The molecule has 0 bridgehead atoms. The molecule has 0 atom stereocenters. The van der Waals surface area contributed by atoms with E-state index in [1.165, 1.54) is 0 Å². The van der Waals surface area contributed by atoms with Crippen LogP contribution in [0.5, 0.6) is 5.75 Å². The lowest BCUT2D eigenvalue weighted by Gasteiger charge is -2.20. The minimum absolute atomic E-state index is 0.0496. The number of amides is 1. The van der Waals surface area contributed by atoms with E-state index >= 15 is 0 Å². The van der Waals surface area contributed by atoms with E-state index in [-0.39, 0.29) is 5.91 Å². The van der Waals surface area contributed by atoms with Crippen molar-refractivity contribution in [3.63, 3.8) is 0 Å². The van der Waals surface area contributed by atoms with Crippen molar-refractivity contribution in [3.8, 4) is 28.0 Å². The Morgan fingerprint density at radius 2 is 1.70 bits per heavy atom.